The summed E-state index contributed by atoms with van der Waals surface area (Å²) in [6.45, 7) is 5.24. The minimum atomic E-state index is -0.708. The van der Waals surface area contributed by atoms with Crippen molar-refractivity contribution in [2.24, 2.45) is 0 Å². The van der Waals surface area contributed by atoms with E-state index < -0.39 is 5.54 Å². The molecule has 0 unspecified atom stereocenters. The second kappa shape index (κ2) is 5.59. The maximum atomic E-state index is 13.8. The maximum absolute atomic E-state index is 13.8. The fraction of sp³-hybridized carbons (Fsp3) is 0.533. The number of halogens is 1. The summed E-state index contributed by atoms with van der Waals surface area (Å²) in [4.78, 5) is 14.0. The highest BCUT2D eigenvalue weighted by Crippen LogP contribution is 2.23. The number of piperidine rings is 1. The van der Waals surface area contributed by atoms with E-state index >= 15 is 0 Å². The van der Waals surface area contributed by atoms with E-state index in [0.717, 1.165) is 25.9 Å². The zero-order valence-electron chi connectivity index (χ0n) is 11.6. The summed E-state index contributed by atoms with van der Waals surface area (Å²) in [7, 11) is 0. The van der Waals surface area contributed by atoms with E-state index in [2.05, 4.69) is 5.32 Å². The molecule has 0 spiro atoms. The van der Waals surface area contributed by atoms with Crippen molar-refractivity contribution in [2.75, 3.05) is 13.1 Å². The number of benzene rings is 1. The van der Waals surface area contributed by atoms with E-state index in [1.807, 2.05) is 18.7 Å². The summed E-state index contributed by atoms with van der Waals surface area (Å²) in [6, 6.07) is 6.47. The van der Waals surface area contributed by atoms with Crippen LogP contribution < -0.4 is 5.32 Å². The lowest BCUT2D eigenvalue weighted by Gasteiger charge is -2.33. The molecule has 1 N–H and O–H groups in total. The molecule has 2 rings (SSSR count). The van der Waals surface area contributed by atoms with Gasteiger partial charge in [0.2, 0.25) is 0 Å². The molecule has 104 valence electrons. The molecule has 1 aliphatic heterocycles. The Morgan fingerprint density at radius 3 is 2.47 bits per heavy atom. The molecule has 3 nitrogen and oxygen atoms in total. The number of amides is 2. The van der Waals surface area contributed by atoms with Crippen molar-refractivity contribution in [1.82, 2.24) is 10.2 Å². The summed E-state index contributed by atoms with van der Waals surface area (Å²) < 4.78 is 13.8. The fourth-order valence-electron chi connectivity index (χ4n) is 2.48. The molecule has 1 heterocycles. The molecule has 0 aromatic heterocycles. The van der Waals surface area contributed by atoms with Gasteiger partial charge in [0.1, 0.15) is 5.82 Å². The topological polar surface area (TPSA) is 32.3 Å². The summed E-state index contributed by atoms with van der Waals surface area (Å²) in [5.74, 6) is -0.286. The average Bonchev–Trinajstić information content (AvgIpc) is 2.39. The van der Waals surface area contributed by atoms with E-state index in [1.54, 1.807) is 18.2 Å². The molecule has 0 saturated carbocycles. The third kappa shape index (κ3) is 3.25. The Labute approximate surface area is 113 Å². The first kappa shape index (κ1) is 13.8. The van der Waals surface area contributed by atoms with Gasteiger partial charge in [0.15, 0.2) is 0 Å². The summed E-state index contributed by atoms with van der Waals surface area (Å²) >= 11 is 0. The second-order valence-corrected chi connectivity index (χ2v) is 5.58. The van der Waals surface area contributed by atoms with E-state index in [1.165, 1.54) is 12.5 Å². The molecule has 0 bridgehead atoms. The fourth-order valence-corrected chi connectivity index (χ4v) is 2.48. The van der Waals surface area contributed by atoms with E-state index in [-0.39, 0.29) is 11.8 Å². The van der Waals surface area contributed by atoms with E-state index in [4.69, 9.17) is 0 Å². The Hall–Kier alpha value is -1.58. The minimum absolute atomic E-state index is 0.104. The lowest BCUT2D eigenvalue weighted by molar-refractivity contribution is 0.175. The maximum Gasteiger partial charge on any atom is 0.318 e. The predicted molar refractivity (Wildman–Crippen MR) is 73.4 cm³/mol. The molecule has 2 amide bonds. The van der Waals surface area contributed by atoms with Crippen LogP contribution in [-0.2, 0) is 5.54 Å². The second-order valence-electron chi connectivity index (χ2n) is 5.58. The van der Waals surface area contributed by atoms with E-state index in [9.17, 15) is 9.18 Å². The number of likely N-dealkylation sites (tertiary alicyclic amines) is 1. The number of hydrogen-bond acceptors (Lipinski definition) is 1. The minimum Gasteiger partial charge on any atom is -0.329 e. The summed E-state index contributed by atoms with van der Waals surface area (Å²) in [5.41, 5.74) is -0.194. The van der Waals surface area contributed by atoms with Gasteiger partial charge < -0.3 is 10.2 Å². The van der Waals surface area contributed by atoms with Gasteiger partial charge in [-0.2, -0.15) is 0 Å². The molecule has 1 fully saturated rings. The summed E-state index contributed by atoms with van der Waals surface area (Å²) in [6.07, 6.45) is 3.28. The van der Waals surface area contributed by atoms with Crippen LogP contribution in [0.2, 0.25) is 0 Å². The van der Waals surface area contributed by atoms with E-state index in [0.29, 0.717) is 5.56 Å². The molecular formula is C15H21FN2O. The first-order chi connectivity index (χ1) is 9.00. The number of hydrogen-bond donors (Lipinski definition) is 1. The normalized spacial score (nSPS) is 16.3. The molecule has 1 saturated heterocycles. The highest BCUT2D eigenvalue weighted by Gasteiger charge is 2.28. The zero-order valence-corrected chi connectivity index (χ0v) is 11.6. The Morgan fingerprint density at radius 1 is 1.21 bits per heavy atom. The van der Waals surface area contributed by atoms with Gasteiger partial charge >= 0.3 is 6.03 Å². The lowest BCUT2D eigenvalue weighted by atomic mass is 9.94. The average molecular weight is 264 g/mol. The van der Waals surface area contributed by atoms with Crippen LogP contribution in [0.3, 0.4) is 0 Å². The van der Waals surface area contributed by atoms with Gasteiger partial charge in [-0.3, -0.25) is 0 Å². The van der Waals surface area contributed by atoms with Crippen LogP contribution in [0.5, 0.6) is 0 Å². The van der Waals surface area contributed by atoms with Gasteiger partial charge in [-0.15, -0.1) is 0 Å². The number of rotatable bonds is 2. The number of urea groups is 1. The zero-order chi connectivity index (χ0) is 13.9. The number of nitrogens with zero attached hydrogens (tertiary/aromatic N) is 1. The van der Waals surface area contributed by atoms with Crippen LogP contribution >= 0.6 is 0 Å². The molecule has 0 atom stereocenters. The Bertz CT molecular complexity index is 453. The first-order valence-electron chi connectivity index (χ1n) is 6.83. The van der Waals surface area contributed by atoms with Gasteiger partial charge in [-0.25, -0.2) is 9.18 Å². The van der Waals surface area contributed by atoms with Gasteiger partial charge in [-0.05, 0) is 39.2 Å². The third-order valence-electron chi connectivity index (χ3n) is 3.61. The first-order valence-corrected chi connectivity index (χ1v) is 6.83. The van der Waals surface area contributed by atoms with Crippen molar-refractivity contribution < 1.29 is 9.18 Å². The smallest absolute Gasteiger partial charge is 0.318 e. The Morgan fingerprint density at radius 2 is 1.84 bits per heavy atom. The SMILES string of the molecule is CC(C)(NC(=O)N1CCCCC1)c1ccccc1F. The van der Waals surface area contributed by atoms with Crippen molar-refractivity contribution >= 4 is 6.03 Å². The van der Waals surface area contributed by atoms with Crippen LogP contribution in [-0.4, -0.2) is 24.0 Å². The predicted octanol–water partition coefficient (Wildman–Crippen LogP) is 3.26. The van der Waals surface area contributed by atoms with Crippen LogP contribution in [0.4, 0.5) is 9.18 Å². The molecular weight excluding hydrogens is 243 g/mol. The number of carbonyl (C=O) groups is 1. The van der Waals surface area contributed by atoms with Crippen LogP contribution in [0, 0.1) is 5.82 Å². The Balaban J connectivity index is 2.08. The number of nitrogens with one attached hydrogen (secondary N) is 1. The molecule has 19 heavy (non-hydrogen) atoms. The highest BCUT2D eigenvalue weighted by atomic mass is 19.1. The van der Waals surface area contributed by atoms with Crippen LogP contribution in [0.15, 0.2) is 24.3 Å². The molecule has 4 heteroatoms. The van der Waals surface area contributed by atoms with Crippen molar-refractivity contribution in [3.63, 3.8) is 0 Å². The quantitative estimate of drug-likeness (QED) is 0.873. The van der Waals surface area contributed by atoms with Gasteiger partial charge in [0.25, 0.3) is 0 Å². The van der Waals surface area contributed by atoms with Crippen LogP contribution in [0.1, 0.15) is 38.7 Å². The van der Waals surface area contributed by atoms with Crippen LogP contribution in [0.25, 0.3) is 0 Å². The standard InChI is InChI=1S/C15H21FN2O/c1-15(2,12-8-4-5-9-13(12)16)17-14(19)18-10-6-3-7-11-18/h4-5,8-9H,3,6-7,10-11H2,1-2H3,(H,17,19). The van der Waals surface area contributed by atoms with Crippen molar-refractivity contribution in [1.29, 1.82) is 0 Å². The molecule has 1 aromatic rings. The Kier molecular flexibility index (Phi) is 4.08. The summed E-state index contributed by atoms with van der Waals surface area (Å²) in [5, 5.41) is 2.93. The number of carbonyl (C=O) groups excluding carboxylic acids is 1. The van der Waals surface area contributed by atoms with Crippen molar-refractivity contribution in [3.05, 3.63) is 35.6 Å². The third-order valence-corrected chi connectivity index (χ3v) is 3.61. The largest absolute Gasteiger partial charge is 0.329 e. The molecule has 0 radical (unpaired) electrons. The van der Waals surface area contributed by atoms with Crippen molar-refractivity contribution in [2.45, 2.75) is 38.6 Å². The van der Waals surface area contributed by atoms with Gasteiger partial charge in [0.05, 0.1) is 5.54 Å². The van der Waals surface area contributed by atoms with Gasteiger partial charge in [-0.1, -0.05) is 18.2 Å². The van der Waals surface area contributed by atoms with Gasteiger partial charge in [0, 0.05) is 18.7 Å². The van der Waals surface area contributed by atoms with Crippen molar-refractivity contribution in [3.8, 4) is 0 Å². The lowest BCUT2D eigenvalue weighted by Crippen LogP contribution is -2.50. The molecule has 1 aromatic carbocycles. The monoisotopic (exact) mass is 264 g/mol. The highest BCUT2D eigenvalue weighted by molar-refractivity contribution is 5.75. The molecule has 0 aliphatic carbocycles. The molecule has 1 aliphatic rings.